The molecule has 6 unspecified atom stereocenters. The Hall–Kier alpha value is -3.55. The third-order valence-electron chi connectivity index (χ3n) is 11.5. The molecule has 76 heavy (non-hydrogen) atoms. The zero-order valence-electron chi connectivity index (χ0n) is 46.5. The smallest absolute Gasteiger partial charge is 0.462 e. The van der Waals surface area contributed by atoms with E-state index in [1.165, 1.54) is 89.2 Å². The summed E-state index contributed by atoms with van der Waals surface area (Å²) in [6.45, 7) is 13.4. The second kappa shape index (κ2) is 50.9. The van der Waals surface area contributed by atoms with Crippen LogP contribution in [0.5, 0.6) is 0 Å². The Morgan fingerprint density at radius 1 is 0.513 bits per heavy atom. The average Bonchev–Trinajstić information content (AvgIpc) is 3.41. The lowest BCUT2D eigenvalue weighted by molar-refractivity contribution is -0.151. The molecule has 0 aromatic carbocycles. The van der Waals surface area contributed by atoms with Gasteiger partial charge in [0.05, 0.1) is 78.2 Å². The molecule has 0 spiro atoms. The first-order valence-electron chi connectivity index (χ1n) is 27.8. The number of nitrogens with zero attached hydrogens (tertiary/aromatic N) is 6. The summed E-state index contributed by atoms with van der Waals surface area (Å²) < 4.78 is 81.7. The van der Waals surface area contributed by atoms with Crippen molar-refractivity contribution in [3.8, 4) is 0 Å². The number of nitrogens with one attached hydrogen (secondary N) is 2. The maximum absolute atomic E-state index is 13.4. The first-order valence-corrected chi connectivity index (χ1v) is 30.7. The molecule has 0 aliphatic rings. The first-order chi connectivity index (χ1) is 36.9. The Morgan fingerprint density at radius 3 is 1.20 bits per heavy atom. The van der Waals surface area contributed by atoms with Gasteiger partial charge in [-0.3, -0.25) is 36.7 Å². The average molecular weight is 1120 g/mol. The number of esters is 2. The van der Waals surface area contributed by atoms with Gasteiger partial charge in [0.25, 0.3) is 0 Å². The van der Waals surface area contributed by atoms with E-state index in [1.807, 2.05) is 13.8 Å². The highest BCUT2D eigenvalue weighted by atomic mass is 31.2. The van der Waals surface area contributed by atoms with Gasteiger partial charge in [-0.15, -0.1) is 13.2 Å². The number of amides is 2. The molecule has 0 aromatic rings. The summed E-state index contributed by atoms with van der Waals surface area (Å²) in [5, 5.41) is 12.3. The normalized spacial score (nSPS) is 14.4. The van der Waals surface area contributed by atoms with Crippen molar-refractivity contribution in [2.24, 2.45) is 10.2 Å². The number of carbonyl (C=O) groups excluding carboxylic acids is 3. The monoisotopic (exact) mass is 1120 g/mol. The van der Waals surface area contributed by atoms with E-state index in [0.717, 1.165) is 38.5 Å². The fourth-order valence-electron chi connectivity index (χ4n) is 7.16. The molecular formula is C51H96N8O15P2. The highest BCUT2D eigenvalue weighted by Crippen LogP contribution is 2.50. The van der Waals surface area contributed by atoms with Gasteiger partial charge in [-0.2, -0.15) is 0 Å². The van der Waals surface area contributed by atoms with Crippen LogP contribution in [0.25, 0.3) is 20.9 Å². The van der Waals surface area contributed by atoms with Gasteiger partial charge >= 0.3 is 33.6 Å². The van der Waals surface area contributed by atoms with Crippen molar-refractivity contribution in [1.82, 2.24) is 10.6 Å². The van der Waals surface area contributed by atoms with Gasteiger partial charge in [0.2, 0.25) is 0 Å². The molecule has 0 rings (SSSR count). The lowest BCUT2D eigenvalue weighted by atomic mass is 10.1. The first kappa shape index (κ1) is 72.5. The van der Waals surface area contributed by atoms with Crippen LogP contribution >= 0.6 is 15.6 Å². The van der Waals surface area contributed by atoms with E-state index >= 15 is 0 Å². The maximum Gasteiger partial charge on any atom is 0.475 e. The van der Waals surface area contributed by atoms with Crippen molar-refractivity contribution in [3.63, 3.8) is 0 Å². The summed E-state index contributed by atoms with van der Waals surface area (Å²) in [7, 11) is -8.49. The summed E-state index contributed by atoms with van der Waals surface area (Å²) in [5.41, 5.74) is 18.3. The molecule has 440 valence electrons. The fraction of sp³-hybridized carbons (Fsp3) is 0.863. The number of carbonyl (C=O) groups is 3. The van der Waals surface area contributed by atoms with Gasteiger partial charge < -0.3 is 29.6 Å². The Bertz CT molecular complexity index is 1590. The molecule has 0 aromatic heterocycles. The summed E-state index contributed by atoms with van der Waals surface area (Å²) in [6.07, 6.45) is 25.7. The van der Waals surface area contributed by atoms with E-state index in [-0.39, 0.29) is 103 Å². The summed E-state index contributed by atoms with van der Waals surface area (Å²) in [5.74, 6) is -0.465. The number of hydrogen-bond acceptors (Lipinski definition) is 17. The molecule has 0 saturated heterocycles. The molecule has 0 aliphatic carbocycles. The lowest BCUT2D eigenvalue weighted by Crippen LogP contribution is -2.38. The SMILES string of the molecule is C=CCOP(=O)(OCCNC(=O)NCCOP(=O)(OCC=C)OCC(COCCC(CC)OC(=O)CCCCCCCCCCC)N=[N+]=[N-])OCC(COCCC(CC)OC(=O)CCCCCCCCCCC)N=[N+]=[N-]. The van der Waals surface area contributed by atoms with Crippen molar-refractivity contribution >= 4 is 33.6 Å². The zero-order chi connectivity index (χ0) is 56.2. The zero-order valence-corrected chi connectivity index (χ0v) is 48.3. The van der Waals surface area contributed by atoms with E-state index in [9.17, 15) is 23.5 Å². The predicted molar refractivity (Wildman–Crippen MR) is 293 cm³/mol. The van der Waals surface area contributed by atoms with Gasteiger partial charge in [-0.05, 0) is 36.7 Å². The van der Waals surface area contributed by atoms with Gasteiger partial charge in [0.15, 0.2) is 0 Å². The van der Waals surface area contributed by atoms with E-state index in [1.54, 1.807) is 0 Å². The molecule has 6 atom stereocenters. The molecule has 0 aliphatic heterocycles. The second-order valence-corrected chi connectivity index (χ2v) is 21.5. The molecular weight excluding hydrogens is 1030 g/mol. The van der Waals surface area contributed by atoms with Crippen molar-refractivity contribution in [1.29, 1.82) is 0 Å². The Morgan fingerprint density at radius 2 is 0.868 bits per heavy atom. The third kappa shape index (κ3) is 43.4. The number of phosphoric ester groups is 2. The number of azide groups is 2. The van der Waals surface area contributed by atoms with Gasteiger partial charge in [-0.25, -0.2) is 13.9 Å². The van der Waals surface area contributed by atoms with Crippen molar-refractivity contribution < 1.29 is 69.6 Å². The second-order valence-electron chi connectivity index (χ2n) is 18.1. The Kier molecular flexibility index (Phi) is 48.5. The van der Waals surface area contributed by atoms with Crippen molar-refractivity contribution in [2.75, 3.05) is 79.2 Å². The van der Waals surface area contributed by atoms with E-state index in [0.29, 0.717) is 38.5 Å². The van der Waals surface area contributed by atoms with E-state index in [2.05, 4.69) is 57.7 Å². The van der Waals surface area contributed by atoms with Crippen LogP contribution in [-0.2, 0) is 64.8 Å². The number of phosphoric acid groups is 2. The summed E-state index contributed by atoms with van der Waals surface area (Å²) in [6, 6.07) is -2.50. The molecule has 0 heterocycles. The molecule has 25 heteroatoms. The van der Waals surface area contributed by atoms with E-state index in [4.69, 9.17) is 57.2 Å². The summed E-state index contributed by atoms with van der Waals surface area (Å²) in [4.78, 5) is 43.0. The Labute approximate surface area is 454 Å². The lowest BCUT2D eigenvalue weighted by Gasteiger charge is -2.20. The number of rotatable bonds is 56. The third-order valence-corrected chi connectivity index (χ3v) is 14.4. The molecule has 2 amide bonds. The van der Waals surface area contributed by atoms with Crippen LogP contribution < -0.4 is 10.6 Å². The number of unbranched alkanes of at least 4 members (excludes halogenated alkanes) is 16. The molecule has 23 nitrogen and oxygen atoms in total. The minimum atomic E-state index is -4.25. The maximum atomic E-state index is 13.4. The topological polar surface area (TPSA) is 299 Å². The molecule has 0 bridgehead atoms. The van der Waals surface area contributed by atoms with Crippen molar-refractivity contribution in [3.05, 3.63) is 46.2 Å². The highest BCUT2D eigenvalue weighted by molar-refractivity contribution is 7.48. The Balaban J connectivity index is 4.75. The van der Waals surface area contributed by atoms with Gasteiger partial charge in [0, 0.05) is 48.6 Å². The highest BCUT2D eigenvalue weighted by Gasteiger charge is 2.30. The van der Waals surface area contributed by atoms with Crippen LogP contribution in [0.15, 0.2) is 35.5 Å². The van der Waals surface area contributed by atoms with Crippen LogP contribution in [0.1, 0.15) is 182 Å². The number of urea groups is 1. The minimum absolute atomic E-state index is 0.0892. The molecule has 0 fully saturated rings. The van der Waals surface area contributed by atoms with Crippen LogP contribution in [0, 0.1) is 0 Å². The quantitative estimate of drug-likeness (QED) is 0.0109. The fourth-order valence-corrected chi connectivity index (χ4v) is 9.52. The van der Waals surface area contributed by atoms with Crippen LogP contribution in [0.3, 0.4) is 0 Å². The molecule has 2 N–H and O–H groups in total. The van der Waals surface area contributed by atoms with Gasteiger partial charge in [0.1, 0.15) is 12.2 Å². The van der Waals surface area contributed by atoms with Crippen LogP contribution in [0.4, 0.5) is 4.79 Å². The minimum Gasteiger partial charge on any atom is -0.462 e. The van der Waals surface area contributed by atoms with Crippen LogP contribution in [0.2, 0.25) is 0 Å². The molecule has 0 radical (unpaired) electrons. The van der Waals surface area contributed by atoms with Crippen molar-refractivity contribution in [2.45, 2.75) is 206 Å². The molecule has 0 saturated carbocycles. The standard InChI is InChI=1S/C51H96N8O15P2/c1-7-13-15-17-19-21-23-25-27-29-49(60)73-47(11-5)31-37-65-41-45(56-58-52)43-71-75(63,67-35-9-3)69-39-33-54-51(62)55-34-40-70-76(64,68-36-10-4)72-44-46(57-59-53)42-66-38-32-48(12-6)74-50(61)30-28-26-24-22-20-18-16-14-8-2/h9-10,45-48H,3-4,7-8,11-44H2,1-2,5-6H3,(H2,54,55,62). The van der Waals surface area contributed by atoms with Gasteiger partial charge in [-0.1, -0.05) is 153 Å². The van der Waals surface area contributed by atoms with Crippen LogP contribution in [-0.4, -0.2) is 121 Å². The van der Waals surface area contributed by atoms with E-state index < -0.39 is 33.8 Å². The summed E-state index contributed by atoms with van der Waals surface area (Å²) >= 11 is 0. The largest absolute Gasteiger partial charge is 0.475 e. The predicted octanol–water partition coefficient (Wildman–Crippen LogP) is 13.6. The number of hydrogen-bond donors (Lipinski definition) is 2. The number of ether oxygens (including phenoxy) is 4.